The van der Waals surface area contributed by atoms with Crippen LogP contribution in [0.15, 0.2) is 35.3 Å². The van der Waals surface area contributed by atoms with Gasteiger partial charge in [-0.15, -0.1) is 0 Å². The molecule has 114 valence electrons. The van der Waals surface area contributed by atoms with E-state index in [-0.39, 0.29) is 11.4 Å². The van der Waals surface area contributed by atoms with Crippen molar-refractivity contribution in [1.29, 1.82) is 0 Å². The summed E-state index contributed by atoms with van der Waals surface area (Å²) in [5.41, 5.74) is 0.384. The third kappa shape index (κ3) is 2.74. The fourth-order valence-corrected chi connectivity index (χ4v) is 3.11. The number of H-pyrrole nitrogens is 1. The second-order valence-electron chi connectivity index (χ2n) is 6.63. The maximum absolute atomic E-state index is 13.6. The molecule has 0 radical (unpaired) electrons. The van der Waals surface area contributed by atoms with Crippen LogP contribution < -0.4 is 10.9 Å². The number of rotatable bonds is 3. The Kier molecular flexibility index (Phi) is 3.48. The van der Waals surface area contributed by atoms with E-state index in [1.54, 1.807) is 18.3 Å². The van der Waals surface area contributed by atoms with Gasteiger partial charge in [0.25, 0.3) is 5.56 Å². The Morgan fingerprint density at radius 3 is 2.73 bits per heavy atom. The molecule has 0 saturated carbocycles. The average Bonchev–Trinajstić information content (AvgIpc) is 2.44. The van der Waals surface area contributed by atoms with Crippen molar-refractivity contribution in [3.63, 3.8) is 0 Å². The van der Waals surface area contributed by atoms with E-state index in [4.69, 9.17) is 0 Å². The summed E-state index contributed by atoms with van der Waals surface area (Å²) >= 11 is 0. The molecule has 6 heteroatoms. The van der Waals surface area contributed by atoms with Gasteiger partial charge in [-0.3, -0.25) is 4.79 Å². The van der Waals surface area contributed by atoms with Crippen molar-refractivity contribution in [2.45, 2.75) is 19.6 Å². The third-order valence-electron chi connectivity index (χ3n) is 3.46. The standard InChI is InChI=1S/C16H18FN3OSi/c1-22(2,3)9-19-15-11-6-7-18-16(21)14(11)12-8-10(17)4-5-13(12)20-15/h4-8H,9H2,1-3H3,(H,18,21)(H,19,20). The Morgan fingerprint density at radius 1 is 1.23 bits per heavy atom. The maximum Gasteiger partial charge on any atom is 0.256 e. The summed E-state index contributed by atoms with van der Waals surface area (Å²) in [6.45, 7) is 6.77. The number of hydrogen-bond acceptors (Lipinski definition) is 3. The first-order valence-corrected chi connectivity index (χ1v) is 10.9. The van der Waals surface area contributed by atoms with E-state index >= 15 is 0 Å². The van der Waals surface area contributed by atoms with Gasteiger partial charge in [0.15, 0.2) is 0 Å². The predicted octanol–water partition coefficient (Wildman–Crippen LogP) is 3.50. The van der Waals surface area contributed by atoms with Gasteiger partial charge in [-0.1, -0.05) is 19.6 Å². The van der Waals surface area contributed by atoms with Gasteiger partial charge >= 0.3 is 0 Å². The van der Waals surface area contributed by atoms with Crippen molar-refractivity contribution in [3.8, 4) is 0 Å². The van der Waals surface area contributed by atoms with E-state index in [2.05, 4.69) is 34.9 Å². The summed E-state index contributed by atoms with van der Waals surface area (Å²) in [6.07, 6.45) is 2.45. The minimum atomic E-state index is -1.31. The lowest BCUT2D eigenvalue weighted by atomic mass is 10.1. The Morgan fingerprint density at radius 2 is 2.00 bits per heavy atom. The molecule has 0 spiro atoms. The Hall–Kier alpha value is -2.21. The number of nitrogens with zero attached hydrogens (tertiary/aromatic N) is 1. The molecule has 22 heavy (non-hydrogen) atoms. The van der Waals surface area contributed by atoms with Gasteiger partial charge in [-0.2, -0.15) is 0 Å². The highest BCUT2D eigenvalue weighted by molar-refractivity contribution is 6.76. The molecule has 2 aromatic heterocycles. The molecule has 0 bridgehead atoms. The number of aromatic amines is 1. The molecule has 3 rings (SSSR count). The van der Waals surface area contributed by atoms with E-state index in [0.717, 1.165) is 11.6 Å². The number of fused-ring (bicyclic) bond motifs is 3. The molecule has 0 aliphatic heterocycles. The van der Waals surface area contributed by atoms with Gasteiger partial charge in [0.05, 0.1) is 19.0 Å². The van der Waals surface area contributed by atoms with E-state index in [0.29, 0.717) is 22.1 Å². The molecule has 2 heterocycles. The van der Waals surface area contributed by atoms with Crippen LogP contribution in [0.5, 0.6) is 0 Å². The highest BCUT2D eigenvalue weighted by Crippen LogP contribution is 2.27. The molecule has 0 unspecified atom stereocenters. The molecular weight excluding hydrogens is 297 g/mol. The first-order chi connectivity index (χ1) is 10.3. The molecule has 1 aromatic carbocycles. The van der Waals surface area contributed by atoms with Crippen LogP contribution in [0.2, 0.25) is 19.6 Å². The molecule has 2 N–H and O–H groups in total. The summed E-state index contributed by atoms with van der Waals surface area (Å²) < 4.78 is 13.6. The quantitative estimate of drug-likeness (QED) is 0.574. The Balaban J connectivity index is 2.30. The molecule has 4 nitrogen and oxygen atoms in total. The average molecular weight is 315 g/mol. The van der Waals surface area contributed by atoms with Gasteiger partial charge < -0.3 is 10.3 Å². The summed E-state index contributed by atoms with van der Waals surface area (Å²) in [5.74, 6) is 0.310. The zero-order valence-electron chi connectivity index (χ0n) is 12.8. The minimum Gasteiger partial charge on any atom is -0.372 e. The first-order valence-electron chi connectivity index (χ1n) is 7.20. The number of aromatic nitrogens is 2. The highest BCUT2D eigenvalue weighted by atomic mass is 28.3. The van der Waals surface area contributed by atoms with Crippen LogP contribution in [0.1, 0.15) is 0 Å². The predicted molar refractivity (Wildman–Crippen MR) is 91.7 cm³/mol. The number of anilines is 1. The van der Waals surface area contributed by atoms with Gasteiger partial charge in [-0.05, 0) is 24.3 Å². The molecule has 0 saturated heterocycles. The lowest BCUT2D eigenvalue weighted by molar-refractivity contribution is 0.629. The third-order valence-corrected chi connectivity index (χ3v) is 4.70. The molecule has 0 aliphatic carbocycles. The van der Waals surface area contributed by atoms with Crippen LogP contribution in [-0.4, -0.2) is 24.2 Å². The summed E-state index contributed by atoms with van der Waals surface area (Å²) in [5, 5.41) is 5.10. The van der Waals surface area contributed by atoms with Crippen molar-refractivity contribution in [2.24, 2.45) is 0 Å². The summed E-state index contributed by atoms with van der Waals surface area (Å²) in [7, 11) is -1.31. The number of hydrogen-bond donors (Lipinski definition) is 2. The van der Waals surface area contributed by atoms with E-state index < -0.39 is 8.07 Å². The molecule has 0 amide bonds. The van der Waals surface area contributed by atoms with Crippen LogP contribution in [0.25, 0.3) is 21.7 Å². The second-order valence-corrected chi connectivity index (χ2v) is 12.1. The van der Waals surface area contributed by atoms with Crippen molar-refractivity contribution in [2.75, 3.05) is 11.5 Å². The van der Waals surface area contributed by atoms with Gasteiger partial charge in [0.1, 0.15) is 11.6 Å². The van der Waals surface area contributed by atoms with Crippen LogP contribution in [0.3, 0.4) is 0 Å². The van der Waals surface area contributed by atoms with Crippen molar-refractivity contribution >= 4 is 35.6 Å². The smallest absolute Gasteiger partial charge is 0.256 e. The molecule has 0 fully saturated rings. The molecule has 0 aliphatic rings. The molecule has 0 atom stereocenters. The Bertz CT molecular complexity index is 915. The topological polar surface area (TPSA) is 57.8 Å². The van der Waals surface area contributed by atoms with E-state index in [9.17, 15) is 9.18 Å². The first kappa shape index (κ1) is 14.7. The van der Waals surface area contributed by atoms with Gasteiger partial charge in [0, 0.05) is 23.1 Å². The van der Waals surface area contributed by atoms with Crippen LogP contribution in [0.4, 0.5) is 10.2 Å². The Labute approximate surface area is 128 Å². The molecule has 3 aromatic rings. The van der Waals surface area contributed by atoms with Crippen LogP contribution in [0, 0.1) is 5.82 Å². The van der Waals surface area contributed by atoms with E-state index in [1.165, 1.54) is 12.1 Å². The summed E-state index contributed by atoms with van der Waals surface area (Å²) in [4.78, 5) is 19.5. The lowest BCUT2D eigenvalue weighted by Crippen LogP contribution is -2.31. The number of nitrogens with one attached hydrogen (secondary N) is 2. The maximum atomic E-state index is 13.6. The lowest BCUT2D eigenvalue weighted by Gasteiger charge is -2.18. The minimum absolute atomic E-state index is 0.230. The number of pyridine rings is 2. The highest BCUT2D eigenvalue weighted by Gasteiger charge is 2.16. The van der Waals surface area contributed by atoms with Gasteiger partial charge in [0.2, 0.25) is 0 Å². The largest absolute Gasteiger partial charge is 0.372 e. The zero-order chi connectivity index (χ0) is 15.9. The van der Waals surface area contributed by atoms with Crippen molar-refractivity contribution in [1.82, 2.24) is 9.97 Å². The monoisotopic (exact) mass is 315 g/mol. The summed E-state index contributed by atoms with van der Waals surface area (Å²) in [6, 6.07) is 6.14. The number of benzene rings is 1. The second kappa shape index (κ2) is 5.21. The van der Waals surface area contributed by atoms with Crippen molar-refractivity contribution in [3.05, 3.63) is 46.6 Å². The molecular formula is C16H18FN3OSi. The van der Waals surface area contributed by atoms with Crippen molar-refractivity contribution < 1.29 is 4.39 Å². The fraction of sp³-hybridized carbons (Fsp3) is 0.250. The van der Waals surface area contributed by atoms with Crippen LogP contribution >= 0.6 is 0 Å². The normalized spacial score (nSPS) is 12.0. The SMILES string of the molecule is C[Si](C)(C)CNc1nc2ccc(F)cc2c2c(=O)[nH]ccc12. The zero-order valence-corrected chi connectivity index (χ0v) is 13.8. The van der Waals surface area contributed by atoms with Crippen LogP contribution in [-0.2, 0) is 0 Å². The number of halogens is 1. The van der Waals surface area contributed by atoms with Gasteiger partial charge in [-0.25, -0.2) is 9.37 Å². The fourth-order valence-electron chi connectivity index (χ4n) is 2.41. The van der Waals surface area contributed by atoms with E-state index in [1.807, 2.05) is 0 Å².